The summed E-state index contributed by atoms with van der Waals surface area (Å²) >= 11 is 3.34. The van der Waals surface area contributed by atoms with Gasteiger partial charge >= 0.3 is 0 Å². The molecule has 0 spiro atoms. The van der Waals surface area contributed by atoms with Crippen LogP contribution in [0.5, 0.6) is 5.75 Å². The van der Waals surface area contributed by atoms with Gasteiger partial charge in [-0.3, -0.25) is 9.63 Å². The topological polar surface area (TPSA) is 38.8 Å². The average molecular weight is 286 g/mol. The second-order valence-electron chi connectivity index (χ2n) is 3.43. The van der Waals surface area contributed by atoms with Crippen LogP contribution in [0.2, 0.25) is 0 Å². The first-order chi connectivity index (χ1) is 7.75. The van der Waals surface area contributed by atoms with Gasteiger partial charge in [-0.15, -0.1) is 0 Å². The molecule has 0 aliphatic carbocycles. The molecular formula is C11H12BrNO3. The van der Waals surface area contributed by atoms with Gasteiger partial charge < -0.3 is 4.74 Å². The van der Waals surface area contributed by atoms with E-state index in [0.29, 0.717) is 18.9 Å². The Balaban J connectivity index is 1.84. The number of hydroxylamine groups is 2. The zero-order valence-corrected chi connectivity index (χ0v) is 10.3. The summed E-state index contributed by atoms with van der Waals surface area (Å²) in [6.07, 6.45) is 0.891. The Bertz CT molecular complexity index is 377. The molecule has 2 rings (SSSR count). The smallest absolute Gasteiger partial charge is 0.283 e. The molecular weight excluding hydrogens is 274 g/mol. The van der Waals surface area contributed by atoms with Crippen molar-refractivity contribution in [3.8, 4) is 5.75 Å². The summed E-state index contributed by atoms with van der Waals surface area (Å²) in [4.78, 5) is 16.7. The van der Waals surface area contributed by atoms with E-state index < -0.39 is 0 Å². The van der Waals surface area contributed by atoms with Crippen LogP contribution in [0.1, 0.15) is 6.42 Å². The van der Waals surface area contributed by atoms with Crippen LogP contribution in [-0.2, 0) is 9.63 Å². The molecule has 1 aromatic carbocycles. The Morgan fingerprint density at radius 1 is 1.56 bits per heavy atom. The number of halogens is 1. The number of benzene rings is 1. The summed E-state index contributed by atoms with van der Waals surface area (Å²) in [7, 11) is 0. The van der Waals surface area contributed by atoms with Crippen molar-refractivity contribution >= 4 is 21.8 Å². The molecule has 0 radical (unpaired) electrons. The van der Waals surface area contributed by atoms with Gasteiger partial charge in [0.15, 0.2) is 6.61 Å². The Hall–Kier alpha value is -1.07. The number of ether oxygens (including phenoxy) is 1. The van der Waals surface area contributed by atoms with Crippen molar-refractivity contribution in [3.63, 3.8) is 0 Å². The van der Waals surface area contributed by atoms with Crippen LogP contribution in [0.3, 0.4) is 0 Å². The van der Waals surface area contributed by atoms with E-state index in [1.165, 1.54) is 5.06 Å². The van der Waals surface area contributed by atoms with Gasteiger partial charge in [-0.25, -0.2) is 5.06 Å². The van der Waals surface area contributed by atoms with Crippen LogP contribution < -0.4 is 4.74 Å². The van der Waals surface area contributed by atoms with Gasteiger partial charge in [0.2, 0.25) is 0 Å². The highest BCUT2D eigenvalue weighted by atomic mass is 79.9. The SMILES string of the molecule is O=C(COc1cccc(Br)c1)N1CCCO1. The maximum Gasteiger partial charge on any atom is 0.283 e. The first kappa shape index (κ1) is 11.4. The van der Waals surface area contributed by atoms with Gasteiger partial charge in [0.05, 0.1) is 13.2 Å². The zero-order valence-electron chi connectivity index (χ0n) is 8.69. The fourth-order valence-corrected chi connectivity index (χ4v) is 1.80. The standard InChI is InChI=1S/C11H12BrNO3/c12-9-3-1-4-10(7-9)15-8-11(14)13-5-2-6-16-13/h1,3-4,7H,2,5-6,8H2. The van der Waals surface area contributed by atoms with E-state index in [1.54, 1.807) is 0 Å². The minimum atomic E-state index is -0.141. The first-order valence-corrected chi connectivity index (χ1v) is 5.86. The number of hydrogen-bond donors (Lipinski definition) is 0. The summed E-state index contributed by atoms with van der Waals surface area (Å²) < 4.78 is 6.29. The molecule has 1 fully saturated rings. The lowest BCUT2D eigenvalue weighted by molar-refractivity contribution is -0.170. The Labute approximate surface area is 102 Å². The molecule has 0 bridgehead atoms. The second-order valence-corrected chi connectivity index (χ2v) is 4.34. The van der Waals surface area contributed by atoms with Crippen LogP contribution in [0.4, 0.5) is 0 Å². The third kappa shape index (κ3) is 2.96. The largest absolute Gasteiger partial charge is 0.484 e. The normalized spacial score (nSPS) is 15.2. The number of amides is 1. The highest BCUT2D eigenvalue weighted by Gasteiger charge is 2.19. The Kier molecular flexibility index (Phi) is 3.79. The van der Waals surface area contributed by atoms with Crippen LogP contribution in [-0.4, -0.2) is 30.7 Å². The van der Waals surface area contributed by atoms with E-state index in [-0.39, 0.29) is 12.5 Å². The van der Waals surface area contributed by atoms with Crippen molar-refractivity contribution in [2.24, 2.45) is 0 Å². The lowest BCUT2D eigenvalue weighted by atomic mass is 10.3. The van der Waals surface area contributed by atoms with Gasteiger partial charge in [-0.05, 0) is 24.6 Å². The van der Waals surface area contributed by atoms with Gasteiger partial charge in [0, 0.05) is 4.47 Å². The lowest BCUT2D eigenvalue weighted by Gasteiger charge is -2.14. The predicted molar refractivity (Wildman–Crippen MR) is 61.9 cm³/mol. The van der Waals surface area contributed by atoms with Crippen LogP contribution in [0, 0.1) is 0 Å². The molecule has 86 valence electrons. The Morgan fingerprint density at radius 3 is 3.12 bits per heavy atom. The monoisotopic (exact) mass is 285 g/mol. The lowest BCUT2D eigenvalue weighted by Crippen LogP contribution is -2.31. The predicted octanol–water partition coefficient (Wildman–Crippen LogP) is 1.99. The zero-order chi connectivity index (χ0) is 11.4. The van der Waals surface area contributed by atoms with Gasteiger partial charge in [-0.2, -0.15) is 0 Å². The summed E-state index contributed by atoms with van der Waals surface area (Å²) in [6.45, 7) is 1.28. The van der Waals surface area contributed by atoms with Gasteiger partial charge in [0.1, 0.15) is 5.75 Å². The van der Waals surface area contributed by atoms with Crippen LogP contribution in [0.15, 0.2) is 28.7 Å². The number of hydrogen-bond acceptors (Lipinski definition) is 3. The molecule has 4 nitrogen and oxygen atoms in total. The van der Waals surface area contributed by atoms with Crippen molar-refractivity contribution < 1.29 is 14.4 Å². The van der Waals surface area contributed by atoms with E-state index in [0.717, 1.165) is 10.9 Å². The maximum atomic E-state index is 11.6. The molecule has 1 aliphatic heterocycles. The summed E-state index contributed by atoms with van der Waals surface area (Å²) in [5.74, 6) is 0.527. The van der Waals surface area contributed by atoms with E-state index in [9.17, 15) is 4.79 Å². The highest BCUT2D eigenvalue weighted by Crippen LogP contribution is 2.17. The van der Waals surface area contributed by atoms with Crippen LogP contribution in [0.25, 0.3) is 0 Å². The fraction of sp³-hybridized carbons (Fsp3) is 0.364. The Morgan fingerprint density at radius 2 is 2.44 bits per heavy atom. The van der Waals surface area contributed by atoms with Crippen molar-refractivity contribution in [2.45, 2.75) is 6.42 Å². The van der Waals surface area contributed by atoms with Gasteiger partial charge in [0.25, 0.3) is 5.91 Å². The average Bonchev–Trinajstić information content (AvgIpc) is 2.79. The molecule has 1 saturated heterocycles. The van der Waals surface area contributed by atoms with Crippen molar-refractivity contribution in [1.29, 1.82) is 0 Å². The molecule has 1 heterocycles. The molecule has 1 amide bonds. The minimum Gasteiger partial charge on any atom is -0.484 e. The third-order valence-electron chi connectivity index (χ3n) is 2.19. The molecule has 1 aromatic rings. The van der Waals surface area contributed by atoms with E-state index in [4.69, 9.17) is 9.57 Å². The number of rotatable bonds is 3. The van der Waals surface area contributed by atoms with Gasteiger partial charge in [-0.1, -0.05) is 22.0 Å². The molecule has 0 N–H and O–H groups in total. The minimum absolute atomic E-state index is 0.0104. The van der Waals surface area contributed by atoms with E-state index >= 15 is 0 Å². The van der Waals surface area contributed by atoms with Crippen molar-refractivity contribution in [1.82, 2.24) is 5.06 Å². The molecule has 0 saturated carbocycles. The van der Waals surface area contributed by atoms with Crippen LogP contribution >= 0.6 is 15.9 Å². The molecule has 0 atom stereocenters. The highest BCUT2D eigenvalue weighted by molar-refractivity contribution is 9.10. The number of nitrogens with zero attached hydrogens (tertiary/aromatic N) is 1. The molecule has 1 aliphatic rings. The molecule has 16 heavy (non-hydrogen) atoms. The second kappa shape index (κ2) is 5.32. The van der Waals surface area contributed by atoms with E-state index in [2.05, 4.69) is 15.9 Å². The molecule has 5 heteroatoms. The third-order valence-corrected chi connectivity index (χ3v) is 2.68. The maximum absolute atomic E-state index is 11.6. The van der Waals surface area contributed by atoms with E-state index in [1.807, 2.05) is 24.3 Å². The summed E-state index contributed by atoms with van der Waals surface area (Å²) in [6, 6.07) is 7.38. The summed E-state index contributed by atoms with van der Waals surface area (Å²) in [5.41, 5.74) is 0. The quantitative estimate of drug-likeness (QED) is 0.853. The number of carbonyl (C=O) groups is 1. The summed E-state index contributed by atoms with van der Waals surface area (Å²) in [5, 5.41) is 1.36. The van der Waals surface area contributed by atoms with Crippen molar-refractivity contribution in [3.05, 3.63) is 28.7 Å². The molecule has 0 unspecified atom stereocenters. The number of carbonyl (C=O) groups excluding carboxylic acids is 1. The fourth-order valence-electron chi connectivity index (χ4n) is 1.42. The van der Waals surface area contributed by atoms with Crippen molar-refractivity contribution in [2.75, 3.05) is 19.8 Å². The molecule has 0 aromatic heterocycles. The first-order valence-electron chi connectivity index (χ1n) is 5.07.